The second-order valence-electron chi connectivity index (χ2n) is 3.90. The highest BCUT2D eigenvalue weighted by molar-refractivity contribution is 5.97. The standard InChI is InChI=1S/C11H16N2O/c1-13(2)10(7-8-12)11(14)9-5-3-4-6-9/h7,9H,3-6H2,1-2H3. The molecule has 0 saturated heterocycles. The van der Waals surface area contributed by atoms with Crippen molar-refractivity contribution in [2.24, 2.45) is 5.92 Å². The highest BCUT2D eigenvalue weighted by Crippen LogP contribution is 2.27. The molecule has 1 aliphatic carbocycles. The molecule has 1 saturated carbocycles. The third kappa shape index (κ3) is 2.35. The van der Waals surface area contributed by atoms with Crippen LogP contribution in [0.25, 0.3) is 0 Å². The molecule has 1 rings (SSSR count). The fraction of sp³-hybridized carbons (Fsp3) is 0.636. The van der Waals surface area contributed by atoms with Crippen molar-refractivity contribution in [3.05, 3.63) is 11.8 Å². The summed E-state index contributed by atoms with van der Waals surface area (Å²) in [5, 5.41) is 8.57. The fourth-order valence-electron chi connectivity index (χ4n) is 1.88. The molecule has 1 fully saturated rings. The lowest BCUT2D eigenvalue weighted by Gasteiger charge is -2.17. The Hall–Kier alpha value is -1.30. The smallest absolute Gasteiger partial charge is 0.182 e. The number of nitriles is 1. The number of allylic oxidation sites excluding steroid dienone is 2. The lowest BCUT2D eigenvalue weighted by molar-refractivity contribution is -0.120. The van der Waals surface area contributed by atoms with Crippen LogP contribution in [0.15, 0.2) is 11.8 Å². The van der Waals surface area contributed by atoms with E-state index in [1.807, 2.05) is 6.07 Å². The van der Waals surface area contributed by atoms with Gasteiger partial charge in [-0.3, -0.25) is 4.79 Å². The van der Waals surface area contributed by atoms with Gasteiger partial charge in [0.1, 0.15) is 0 Å². The molecule has 0 spiro atoms. The first-order valence-electron chi connectivity index (χ1n) is 4.98. The van der Waals surface area contributed by atoms with Gasteiger partial charge >= 0.3 is 0 Å². The molecule has 0 N–H and O–H groups in total. The highest BCUT2D eigenvalue weighted by atomic mass is 16.1. The Balaban J connectivity index is 2.74. The largest absolute Gasteiger partial charge is 0.374 e. The van der Waals surface area contributed by atoms with Gasteiger partial charge in [0, 0.05) is 26.1 Å². The summed E-state index contributed by atoms with van der Waals surface area (Å²) in [5.74, 6) is 0.283. The maximum atomic E-state index is 11.9. The topological polar surface area (TPSA) is 44.1 Å². The van der Waals surface area contributed by atoms with E-state index in [2.05, 4.69) is 0 Å². The zero-order chi connectivity index (χ0) is 10.6. The Morgan fingerprint density at radius 1 is 1.43 bits per heavy atom. The molecule has 0 amide bonds. The van der Waals surface area contributed by atoms with Gasteiger partial charge in [0.2, 0.25) is 0 Å². The summed E-state index contributed by atoms with van der Waals surface area (Å²) in [6.45, 7) is 0. The maximum Gasteiger partial charge on any atom is 0.182 e. The molecule has 76 valence electrons. The molecular weight excluding hydrogens is 176 g/mol. The van der Waals surface area contributed by atoms with E-state index in [0.717, 1.165) is 25.7 Å². The Morgan fingerprint density at radius 2 is 2.00 bits per heavy atom. The number of carbonyl (C=O) groups is 1. The Kier molecular flexibility index (Phi) is 3.70. The number of hydrogen-bond acceptors (Lipinski definition) is 3. The van der Waals surface area contributed by atoms with Crippen molar-refractivity contribution in [1.29, 1.82) is 5.26 Å². The van der Waals surface area contributed by atoms with E-state index in [4.69, 9.17) is 5.26 Å². The van der Waals surface area contributed by atoms with E-state index in [9.17, 15) is 4.79 Å². The zero-order valence-corrected chi connectivity index (χ0v) is 8.79. The van der Waals surface area contributed by atoms with Crippen LogP contribution in [0.4, 0.5) is 0 Å². The minimum atomic E-state index is 0.133. The average Bonchev–Trinajstić information content (AvgIpc) is 2.65. The molecule has 14 heavy (non-hydrogen) atoms. The van der Waals surface area contributed by atoms with Crippen LogP contribution in [0, 0.1) is 17.2 Å². The predicted molar refractivity (Wildman–Crippen MR) is 54.3 cm³/mol. The van der Waals surface area contributed by atoms with E-state index < -0.39 is 0 Å². The van der Waals surface area contributed by atoms with Gasteiger partial charge in [0.05, 0.1) is 11.8 Å². The van der Waals surface area contributed by atoms with Crippen molar-refractivity contribution in [2.45, 2.75) is 25.7 Å². The van der Waals surface area contributed by atoms with E-state index in [0.29, 0.717) is 5.70 Å². The van der Waals surface area contributed by atoms with Gasteiger partial charge in [-0.15, -0.1) is 0 Å². The summed E-state index contributed by atoms with van der Waals surface area (Å²) >= 11 is 0. The molecule has 1 aliphatic rings. The number of carbonyl (C=O) groups excluding carboxylic acids is 1. The van der Waals surface area contributed by atoms with Crippen molar-refractivity contribution < 1.29 is 4.79 Å². The number of rotatable bonds is 3. The van der Waals surface area contributed by atoms with Crippen molar-refractivity contribution in [1.82, 2.24) is 4.90 Å². The number of Topliss-reactive ketones (excluding diaryl/α,β-unsaturated/α-hetero) is 1. The molecule has 3 heteroatoms. The molecule has 0 bridgehead atoms. The van der Waals surface area contributed by atoms with Gasteiger partial charge in [0.15, 0.2) is 5.78 Å². The van der Waals surface area contributed by atoms with Crippen LogP contribution >= 0.6 is 0 Å². The third-order valence-electron chi connectivity index (χ3n) is 2.66. The predicted octanol–water partition coefficient (Wildman–Crippen LogP) is 1.71. The third-order valence-corrected chi connectivity index (χ3v) is 2.66. The molecular formula is C11H16N2O. The van der Waals surface area contributed by atoms with Crippen LogP contribution < -0.4 is 0 Å². The van der Waals surface area contributed by atoms with Gasteiger partial charge < -0.3 is 4.90 Å². The SMILES string of the molecule is CN(C)C(=CC#N)C(=O)C1CCCC1. The lowest BCUT2D eigenvalue weighted by atomic mass is 9.99. The molecule has 0 aromatic carbocycles. The number of nitrogens with zero attached hydrogens (tertiary/aromatic N) is 2. The minimum absolute atomic E-state index is 0.133. The fourth-order valence-corrected chi connectivity index (χ4v) is 1.88. The Bertz CT molecular complexity index is 280. The number of hydrogen-bond donors (Lipinski definition) is 0. The summed E-state index contributed by atoms with van der Waals surface area (Å²) in [4.78, 5) is 13.6. The molecule has 0 radical (unpaired) electrons. The monoisotopic (exact) mass is 192 g/mol. The highest BCUT2D eigenvalue weighted by Gasteiger charge is 2.26. The van der Waals surface area contributed by atoms with Crippen LogP contribution in [0.3, 0.4) is 0 Å². The van der Waals surface area contributed by atoms with Crippen molar-refractivity contribution in [3.63, 3.8) is 0 Å². The first-order valence-corrected chi connectivity index (χ1v) is 4.98. The molecule has 0 heterocycles. The van der Waals surface area contributed by atoms with Gasteiger partial charge in [-0.1, -0.05) is 12.8 Å². The van der Waals surface area contributed by atoms with Crippen LogP contribution in [0.2, 0.25) is 0 Å². The van der Waals surface area contributed by atoms with E-state index in [1.165, 1.54) is 6.08 Å². The average molecular weight is 192 g/mol. The molecule has 3 nitrogen and oxygen atoms in total. The molecule has 0 atom stereocenters. The molecule has 0 aliphatic heterocycles. The molecule has 0 unspecified atom stereocenters. The first-order chi connectivity index (χ1) is 6.66. The Morgan fingerprint density at radius 3 is 2.43 bits per heavy atom. The minimum Gasteiger partial charge on any atom is -0.374 e. The van der Waals surface area contributed by atoms with Gasteiger partial charge in [-0.05, 0) is 12.8 Å². The van der Waals surface area contributed by atoms with Crippen LogP contribution in [-0.4, -0.2) is 24.8 Å². The van der Waals surface area contributed by atoms with Crippen molar-refractivity contribution in [2.75, 3.05) is 14.1 Å². The van der Waals surface area contributed by atoms with Crippen LogP contribution in [-0.2, 0) is 4.79 Å². The number of likely N-dealkylation sites (N-methyl/N-ethyl adjacent to an activating group) is 1. The maximum absolute atomic E-state index is 11.9. The van der Waals surface area contributed by atoms with Gasteiger partial charge in [-0.25, -0.2) is 0 Å². The van der Waals surface area contributed by atoms with Crippen LogP contribution in [0.5, 0.6) is 0 Å². The van der Waals surface area contributed by atoms with Crippen molar-refractivity contribution >= 4 is 5.78 Å². The van der Waals surface area contributed by atoms with E-state index in [-0.39, 0.29) is 11.7 Å². The van der Waals surface area contributed by atoms with Gasteiger partial charge in [0.25, 0.3) is 0 Å². The van der Waals surface area contributed by atoms with E-state index in [1.54, 1.807) is 19.0 Å². The summed E-state index contributed by atoms with van der Waals surface area (Å²) < 4.78 is 0. The summed E-state index contributed by atoms with van der Waals surface area (Å²) in [6.07, 6.45) is 5.60. The quantitative estimate of drug-likeness (QED) is 0.505. The zero-order valence-electron chi connectivity index (χ0n) is 8.79. The van der Waals surface area contributed by atoms with E-state index >= 15 is 0 Å². The lowest BCUT2D eigenvalue weighted by Crippen LogP contribution is -2.24. The molecule has 0 aromatic heterocycles. The first kappa shape index (κ1) is 10.8. The number of ketones is 1. The summed E-state index contributed by atoms with van der Waals surface area (Å²) in [6, 6.07) is 1.93. The summed E-state index contributed by atoms with van der Waals surface area (Å²) in [5.41, 5.74) is 0.541. The van der Waals surface area contributed by atoms with Crippen molar-refractivity contribution in [3.8, 4) is 6.07 Å². The summed E-state index contributed by atoms with van der Waals surface area (Å²) in [7, 11) is 3.60. The van der Waals surface area contributed by atoms with Crippen LogP contribution in [0.1, 0.15) is 25.7 Å². The second kappa shape index (κ2) is 4.80. The van der Waals surface area contributed by atoms with Gasteiger partial charge in [-0.2, -0.15) is 5.26 Å². The normalized spacial score (nSPS) is 17.9. The Labute approximate surface area is 85.0 Å². The molecule has 0 aromatic rings. The second-order valence-corrected chi connectivity index (χ2v) is 3.90.